The molecule has 2 fully saturated rings. The molecule has 0 radical (unpaired) electrons. The van der Waals surface area contributed by atoms with E-state index in [1.54, 1.807) is 0 Å². The van der Waals surface area contributed by atoms with Gasteiger partial charge in [0.15, 0.2) is 0 Å². The van der Waals surface area contributed by atoms with Crippen molar-refractivity contribution in [2.75, 3.05) is 13.7 Å². The Hall–Kier alpha value is -0.610. The van der Waals surface area contributed by atoms with Gasteiger partial charge in [0.1, 0.15) is 6.04 Å². The van der Waals surface area contributed by atoms with Crippen LogP contribution in [0.2, 0.25) is 0 Å². The molecular weight excluding hydrogens is 242 g/mol. The molecule has 4 heteroatoms. The zero-order chi connectivity index (χ0) is 13.9. The number of nitrogens with two attached hydrogens (primary N) is 1. The van der Waals surface area contributed by atoms with Crippen molar-refractivity contribution >= 4 is 5.97 Å². The first kappa shape index (κ1) is 14.8. The normalized spacial score (nSPS) is 25.6. The van der Waals surface area contributed by atoms with Crippen molar-refractivity contribution in [1.82, 2.24) is 0 Å². The summed E-state index contributed by atoms with van der Waals surface area (Å²) < 4.78 is 10.4. The highest BCUT2D eigenvalue weighted by molar-refractivity contribution is 5.75. The molecular formula is C15H27NO3. The predicted molar refractivity (Wildman–Crippen MR) is 73.6 cm³/mol. The average Bonchev–Trinajstić information content (AvgIpc) is 2.41. The minimum Gasteiger partial charge on any atom is -0.468 e. The summed E-state index contributed by atoms with van der Waals surface area (Å²) in [6, 6.07) is -0.674. The Kier molecular flexibility index (Phi) is 4.85. The van der Waals surface area contributed by atoms with Crippen molar-refractivity contribution in [3.8, 4) is 0 Å². The summed E-state index contributed by atoms with van der Waals surface area (Å²) in [5.41, 5.74) is 6.46. The summed E-state index contributed by atoms with van der Waals surface area (Å²) in [5.74, 6) is 0.239. The lowest BCUT2D eigenvalue weighted by Gasteiger charge is -2.47. The Balaban J connectivity index is 1.67. The highest BCUT2D eigenvalue weighted by Gasteiger charge is 2.40. The maximum Gasteiger partial charge on any atom is 0.325 e. The second kappa shape index (κ2) is 6.23. The zero-order valence-corrected chi connectivity index (χ0v) is 12.2. The van der Waals surface area contributed by atoms with Gasteiger partial charge in [-0.2, -0.15) is 0 Å². The fraction of sp³-hybridized carbons (Fsp3) is 0.933. The van der Waals surface area contributed by atoms with Crippen LogP contribution in [0.15, 0.2) is 0 Å². The average molecular weight is 269 g/mol. The van der Waals surface area contributed by atoms with Gasteiger partial charge in [-0.3, -0.25) is 4.79 Å². The number of carbonyl (C=O) groups is 1. The Labute approximate surface area is 116 Å². The van der Waals surface area contributed by atoms with Crippen molar-refractivity contribution in [2.24, 2.45) is 17.1 Å². The van der Waals surface area contributed by atoms with E-state index in [0.717, 1.165) is 6.61 Å². The van der Waals surface area contributed by atoms with Crippen molar-refractivity contribution < 1.29 is 14.3 Å². The number of rotatable bonds is 5. The summed E-state index contributed by atoms with van der Waals surface area (Å²) in [7, 11) is 1.36. The topological polar surface area (TPSA) is 61.5 Å². The van der Waals surface area contributed by atoms with Gasteiger partial charge in [-0.25, -0.2) is 0 Å². The maximum atomic E-state index is 11.3. The van der Waals surface area contributed by atoms with Crippen LogP contribution in [0, 0.1) is 11.3 Å². The number of hydrogen-bond donors (Lipinski definition) is 1. The molecule has 1 spiro atoms. The minimum absolute atomic E-state index is 0.271. The third kappa shape index (κ3) is 3.48. The van der Waals surface area contributed by atoms with Gasteiger partial charge in [0.05, 0.1) is 13.2 Å². The van der Waals surface area contributed by atoms with E-state index < -0.39 is 12.0 Å². The van der Waals surface area contributed by atoms with E-state index in [-0.39, 0.29) is 6.10 Å². The maximum absolute atomic E-state index is 11.3. The standard InChI is InChI=1S/C15H27NO3/c1-11(13(16)14(17)18-2)19-10-12-4-8-15(9-5-12)6-3-7-15/h11-13H,3-10,16H2,1-2H3/t11-,13+/m1/s1. The molecule has 0 saturated heterocycles. The number of ether oxygens (including phenoxy) is 2. The Morgan fingerprint density at radius 2 is 1.95 bits per heavy atom. The first-order valence-electron chi connectivity index (χ1n) is 7.51. The van der Waals surface area contributed by atoms with Crippen LogP contribution in [0.3, 0.4) is 0 Å². The molecule has 0 heterocycles. The van der Waals surface area contributed by atoms with Crippen LogP contribution >= 0.6 is 0 Å². The fourth-order valence-corrected chi connectivity index (χ4v) is 3.35. The molecule has 2 aliphatic carbocycles. The lowest BCUT2D eigenvalue weighted by atomic mass is 9.59. The molecule has 0 amide bonds. The molecule has 0 bridgehead atoms. The SMILES string of the molecule is COC(=O)[C@@H](N)[C@@H](C)OCC1CCC2(CCC2)CC1. The summed E-state index contributed by atoms with van der Waals surface area (Å²) in [4.78, 5) is 11.3. The summed E-state index contributed by atoms with van der Waals surface area (Å²) in [6.07, 6.45) is 9.27. The van der Waals surface area contributed by atoms with Crippen LogP contribution in [0.5, 0.6) is 0 Å². The third-order valence-electron chi connectivity index (χ3n) is 5.15. The van der Waals surface area contributed by atoms with Gasteiger partial charge in [0.25, 0.3) is 0 Å². The van der Waals surface area contributed by atoms with E-state index in [1.807, 2.05) is 6.92 Å². The Bertz CT molecular complexity index is 305. The fourth-order valence-electron chi connectivity index (χ4n) is 3.35. The van der Waals surface area contributed by atoms with E-state index in [1.165, 1.54) is 52.1 Å². The molecule has 19 heavy (non-hydrogen) atoms. The van der Waals surface area contributed by atoms with Gasteiger partial charge in [-0.05, 0) is 56.8 Å². The van der Waals surface area contributed by atoms with Crippen LogP contribution in [0.1, 0.15) is 51.9 Å². The van der Waals surface area contributed by atoms with E-state index >= 15 is 0 Å². The highest BCUT2D eigenvalue weighted by Crippen LogP contribution is 2.52. The van der Waals surface area contributed by atoms with E-state index in [0.29, 0.717) is 11.3 Å². The van der Waals surface area contributed by atoms with Crippen LogP contribution in [0.25, 0.3) is 0 Å². The van der Waals surface area contributed by atoms with Crippen LogP contribution in [-0.2, 0) is 14.3 Å². The quantitative estimate of drug-likeness (QED) is 0.778. The van der Waals surface area contributed by atoms with Crippen LogP contribution < -0.4 is 5.73 Å². The van der Waals surface area contributed by atoms with E-state index in [9.17, 15) is 4.79 Å². The first-order valence-corrected chi connectivity index (χ1v) is 7.51. The molecule has 110 valence electrons. The largest absolute Gasteiger partial charge is 0.468 e. The molecule has 2 saturated carbocycles. The monoisotopic (exact) mass is 269 g/mol. The van der Waals surface area contributed by atoms with Crippen molar-refractivity contribution in [3.63, 3.8) is 0 Å². The summed E-state index contributed by atoms with van der Waals surface area (Å²) >= 11 is 0. The van der Waals surface area contributed by atoms with Gasteiger partial charge in [-0.15, -0.1) is 0 Å². The molecule has 0 aromatic heterocycles. The molecule has 0 aromatic carbocycles. The predicted octanol–water partition coefficient (Wildman–Crippen LogP) is 2.25. The van der Waals surface area contributed by atoms with Gasteiger partial charge >= 0.3 is 5.97 Å². The van der Waals surface area contributed by atoms with Crippen molar-refractivity contribution in [2.45, 2.75) is 64.0 Å². The molecule has 0 unspecified atom stereocenters. The van der Waals surface area contributed by atoms with Gasteiger partial charge in [0, 0.05) is 6.61 Å². The smallest absolute Gasteiger partial charge is 0.325 e. The molecule has 2 atom stereocenters. The van der Waals surface area contributed by atoms with Crippen LogP contribution in [0.4, 0.5) is 0 Å². The van der Waals surface area contributed by atoms with E-state index in [2.05, 4.69) is 4.74 Å². The molecule has 0 aromatic rings. The number of esters is 1. The van der Waals surface area contributed by atoms with Gasteiger partial charge in [-0.1, -0.05) is 6.42 Å². The van der Waals surface area contributed by atoms with Gasteiger partial charge < -0.3 is 15.2 Å². The highest BCUT2D eigenvalue weighted by atomic mass is 16.5. The number of methoxy groups -OCH3 is 1. The third-order valence-corrected chi connectivity index (χ3v) is 5.15. The molecule has 0 aliphatic heterocycles. The number of hydrogen-bond acceptors (Lipinski definition) is 4. The summed E-state index contributed by atoms with van der Waals surface area (Å²) in [6.45, 7) is 2.57. The molecule has 2 aliphatic rings. The molecule has 4 nitrogen and oxygen atoms in total. The lowest BCUT2D eigenvalue weighted by molar-refractivity contribution is -0.146. The zero-order valence-electron chi connectivity index (χ0n) is 12.2. The van der Waals surface area contributed by atoms with Crippen molar-refractivity contribution in [3.05, 3.63) is 0 Å². The lowest BCUT2D eigenvalue weighted by Crippen LogP contribution is -2.43. The Morgan fingerprint density at radius 1 is 1.32 bits per heavy atom. The first-order chi connectivity index (χ1) is 9.06. The second-order valence-electron chi connectivity index (χ2n) is 6.38. The van der Waals surface area contributed by atoms with E-state index in [4.69, 9.17) is 10.5 Å². The molecule has 2 rings (SSSR count). The number of carbonyl (C=O) groups excluding carboxylic acids is 1. The second-order valence-corrected chi connectivity index (χ2v) is 6.38. The van der Waals surface area contributed by atoms with Gasteiger partial charge in [0.2, 0.25) is 0 Å². The van der Waals surface area contributed by atoms with Crippen LogP contribution in [-0.4, -0.2) is 31.8 Å². The van der Waals surface area contributed by atoms with Crippen molar-refractivity contribution in [1.29, 1.82) is 0 Å². The Morgan fingerprint density at radius 3 is 2.42 bits per heavy atom. The molecule has 2 N–H and O–H groups in total. The summed E-state index contributed by atoms with van der Waals surface area (Å²) in [5, 5.41) is 0. The minimum atomic E-state index is -0.674.